The first kappa shape index (κ1) is 8.37. The number of rotatable bonds is 0. The summed E-state index contributed by atoms with van der Waals surface area (Å²) in [5.74, 6) is 1.15. The van der Waals surface area contributed by atoms with Crippen LogP contribution in [0.5, 0.6) is 0 Å². The average Bonchev–Trinajstić information content (AvgIpc) is 2.57. The number of benzene rings is 1. The van der Waals surface area contributed by atoms with E-state index in [0.29, 0.717) is 0 Å². The van der Waals surface area contributed by atoms with Gasteiger partial charge in [0.05, 0.1) is 5.02 Å². The molecule has 0 saturated heterocycles. The number of furan rings is 1. The number of hydrogen-bond donors (Lipinski definition) is 0. The average molecular weight is 207 g/mol. The van der Waals surface area contributed by atoms with Crippen molar-refractivity contribution in [1.29, 1.82) is 0 Å². The Bertz CT molecular complexity index is 484. The maximum Gasteiger partial charge on any atom is 0.136 e. The van der Waals surface area contributed by atoms with Crippen molar-refractivity contribution in [3.8, 4) is 0 Å². The molecule has 1 heterocycles. The topological polar surface area (TPSA) is 13.1 Å². The third-order valence-electron chi connectivity index (χ3n) is 2.93. The molecule has 0 N–H and O–H groups in total. The Morgan fingerprint density at radius 1 is 1.14 bits per heavy atom. The van der Waals surface area contributed by atoms with E-state index in [0.717, 1.165) is 34.6 Å². The molecule has 2 aromatic rings. The molecule has 0 fully saturated rings. The van der Waals surface area contributed by atoms with E-state index in [1.54, 1.807) is 0 Å². The van der Waals surface area contributed by atoms with Gasteiger partial charge in [0.25, 0.3) is 0 Å². The molecule has 0 spiro atoms. The van der Waals surface area contributed by atoms with E-state index in [-0.39, 0.29) is 0 Å². The molecule has 0 unspecified atom stereocenters. The molecular weight excluding hydrogens is 196 g/mol. The summed E-state index contributed by atoms with van der Waals surface area (Å²) < 4.78 is 5.79. The van der Waals surface area contributed by atoms with Gasteiger partial charge >= 0.3 is 0 Å². The lowest BCUT2D eigenvalue weighted by atomic mass is 9.96. The van der Waals surface area contributed by atoms with Crippen molar-refractivity contribution in [1.82, 2.24) is 0 Å². The van der Waals surface area contributed by atoms with E-state index in [2.05, 4.69) is 0 Å². The van der Waals surface area contributed by atoms with Crippen LogP contribution in [0.1, 0.15) is 24.2 Å². The molecule has 0 bridgehead atoms. The van der Waals surface area contributed by atoms with Crippen LogP contribution in [-0.2, 0) is 12.8 Å². The van der Waals surface area contributed by atoms with Crippen molar-refractivity contribution in [3.63, 3.8) is 0 Å². The summed E-state index contributed by atoms with van der Waals surface area (Å²) in [4.78, 5) is 0. The van der Waals surface area contributed by atoms with Crippen LogP contribution in [0.15, 0.2) is 22.6 Å². The summed E-state index contributed by atoms with van der Waals surface area (Å²) in [5, 5.41) is 1.97. The Balaban J connectivity index is 2.38. The standard InChI is InChI=1S/C12H11ClO/c13-9-5-3-7-11-12(9)8-4-1-2-6-10(8)14-11/h3,5,7H,1-2,4,6H2. The fourth-order valence-corrected chi connectivity index (χ4v) is 2.55. The Morgan fingerprint density at radius 3 is 2.93 bits per heavy atom. The van der Waals surface area contributed by atoms with E-state index in [9.17, 15) is 0 Å². The van der Waals surface area contributed by atoms with Crippen LogP contribution in [0.25, 0.3) is 11.0 Å². The van der Waals surface area contributed by atoms with Crippen LogP contribution in [0.2, 0.25) is 5.02 Å². The fourth-order valence-electron chi connectivity index (χ4n) is 2.27. The second-order valence-electron chi connectivity index (χ2n) is 3.82. The second-order valence-corrected chi connectivity index (χ2v) is 4.23. The molecule has 0 atom stereocenters. The highest BCUT2D eigenvalue weighted by atomic mass is 35.5. The fraction of sp³-hybridized carbons (Fsp3) is 0.333. The van der Waals surface area contributed by atoms with Gasteiger partial charge in [-0.05, 0) is 31.4 Å². The quantitative estimate of drug-likeness (QED) is 0.636. The van der Waals surface area contributed by atoms with Gasteiger partial charge < -0.3 is 4.42 Å². The smallest absolute Gasteiger partial charge is 0.136 e. The van der Waals surface area contributed by atoms with Gasteiger partial charge in [-0.15, -0.1) is 0 Å². The first-order valence-corrected chi connectivity index (χ1v) is 5.43. The Labute approximate surface area is 87.7 Å². The molecule has 3 rings (SSSR count). The molecule has 0 aliphatic heterocycles. The molecule has 1 aliphatic rings. The van der Waals surface area contributed by atoms with Crippen molar-refractivity contribution in [2.75, 3.05) is 0 Å². The molecular formula is C12H11ClO. The van der Waals surface area contributed by atoms with Crippen molar-refractivity contribution >= 4 is 22.6 Å². The number of hydrogen-bond acceptors (Lipinski definition) is 1. The summed E-state index contributed by atoms with van der Waals surface area (Å²) >= 11 is 6.18. The minimum Gasteiger partial charge on any atom is -0.461 e. The van der Waals surface area contributed by atoms with E-state index in [1.807, 2.05) is 18.2 Å². The van der Waals surface area contributed by atoms with Gasteiger partial charge in [0.15, 0.2) is 0 Å². The lowest BCUT2D eigenvalue weighted by molar-refractivity contribution is 0.506. The molecule has 1 aromatic heterocycles. The van der Waals surface area contributed by atoms with E-state index in [4.69, 9.17) is 16.0 Å². The lowest BCUT2D eigenvalue weighted by Crippen LogP contribution is -1.98. The third kappa shape index (κ3) is 1.09. The zero-order valence-electron chi connectivity index (χ0n) is 7.85. The Hall–Kier alpha value is -0.950. The monoisotopic (exact) mass is 206 g/mol. The van der Waals surface area contributed by atoms with Crippen LogP contribution >= 0.6 is 11.6 Å². The summed E-state index contributed by atoms with van der Waals surface area (Å²) in [7, 11) is 0. The first-order chi connectivity index (χ1) is 6.86. The molecule has 1 aromatic carbocycles. The van der Waals surface area contributed by atoms with Gasteiger partial charge in [0.1, 0.15) is 11.3 Å². The highest BCUT2D eigenvalue weighted by Gasteiger charge is 2.18. The van der Waals surface area contributed by atoms with Crippen LogP contribution in [0.3, 0.4) is 0 Å². The molecule has 14 heavy (non-hydrogen) atoms. The van der Waals surface area contributed by atoms with E-state index >= 15 is 0 Å². The predicted octanol–water partition coefficient (Wildman–Crippen LogP) is 3.97. The Morgan fingerprint density at radius 2 is 2.00 bits per heavy atom. The van der Waals surface area contributed by atoms with Crippen LogP contribution in [-0.4, -0.2) is 0 Å². The van der Waals surface area contributed by atoms with Crippen molar-refractivity contribution in [3.05, 3.63) is 34.5 Å². The normalized spacial score (nSPS) is 15.8. The van der Waals surface area contributed by atoms with Gasteiger partial charge in [-0.2, -0.15) is 0 Å². The molecule has 2 heteroatoms. The summed E-state index contributed by atoms with van der Waals surface area (Å²) in [5.41, 5.74) is 2.29. The minimum absolute atomic E-state index is 0.828. The molecule has 72 valence electrons. The molecule has 1 aliphatic carbocycles. The minimum atomic E-state index is 0.828. The molecule has 0 amide bonds. The van der Waals surface area contributed by atoms with E-state index < -0.39 is 0 Å². The van der Waals surface area contributed by atoms with Gasteiger partial charge in [0, 0.05) is 17.4 Å². The summed E-state index contributed by atoms with van der Waals surface area (Å²) in [6.07, 6.45) is 4.68. The largest absolute Gasteiger partial charge is 0.461 e. The van der Waals surface area contributed by atoms with Crippen molar-refractivity contribution < 1.29 is 4.42 Å². The predicted molar refractivity (Wildman–Crippen MR) is 57.9 cm³/mol. The Kier molecular flexibility index (Phi) is 1.81. The number of fused-ring (bicyclic) bond motifs is 3. The van der Waals surface area contributed by atoms with Crippen LogP contribution < -0.4 is 0 Å². The highest BCUT2D eigenvalue weighted by molar-refractivity contribution is 6.35. The maximum atomic E-state index is 6.18. The number of halogens is 1. The third-order valence-corrected chi connectivity index (χ3v) is 3.24. The zero-order chi connectivity index (χ0) is 9.54. The lowest BCUT2D eigenvalue weighted by Gasteiger charge is -2.08. The molecule has 1 nitrogen and oxygen atoms in total. The zero-order valence-corrected chi connectivity index (χ0v) is 8.60. The van der Waals surface area contributed by atoms with E-state index in [1.165, 1.54) is 18.4 Å². The summed E-state index contributed by atoms with van der Waals surface area (Å²) in [6.45, 7) is 0. The summed E-state index contributed by atoms with van der Waals surface area (Å²) in [6, 6.07) is 5.88. The SMILES string of the molecule is Clc1cccc2oc3c(c12)CCCC3. The maximum absolute atomic E-state index is 6.18. The van der Waals surface area contributed by atoms with Crippen molar-refractivity contribution in [2.45, 2.75) is 25.7 Å². The van der Waals surface area contributed by atoms with Gasteiger partial charge in [0.2, 0.25) is 0 Å². The van der Waals surface area contributed by atoms with Crippen LogP contribution in [0, 0.1) is 0 Å². The second kappa shape index (κ2) is 3.03. The molecule has 0 radical (unpaired) electrons. The van der Waals surface area contributed by atoms with Crippen molar-refractivity contribution in [2.24, 2.45) is 0 Å². The molecule has 0 saturated carbocycles. The van der Waals surface area contributed by atoms with Crippen LogP contribution in [0.4, 0.5) is 0 Å². The highest BCUT2D eigenvalue weighted by Crippen LogP contribution is 2.35. The number of aryl methyl sites for hydroxylation is 2. The van der Waals surface area contributed by atoms with Gasteiger partial charge in [-0.1, -0.05) is 17.7 Å². The first-order valence-electron chi connectivity index (χ1n) is 5.05. The van der Waals surface area contributed by atoms with Gasteiger partial charge in [-0.3, -0.25) is 0 Å². The van der Waals surface area contributed by atoms with Gasteiger partial charge in [-0.25, -0.2) is 0 Å².